The summed E-state index contributed by atoms with van der Waals surface area (Å²) in [4.78, 5) is -0.522. The van der Waals surface area contributed by atoms with Gasteiger partial charge in [0, 0.05) is 6.42 Å². The van der Waals surface area contributed by atoms with Gasteiger partial charge in [0.15, 0.2) is 0 Å². The minimum Gasteiger partial charge on any atom is -0.266 e. The van der Waals surface area contributed by atoms with E-state index in [4.69, 9.17) is 0 Å². The Hall–Kier alpha value is -1.78. The molecule has 0 amide bonds. The first-order valence-electron chi connectivity index (χ1n) is 8.37. The van der Waals surface area contributed by atoms with Gasteiger partial charge in [0.2, 0.25) is 0 Å². The van der Waals surface area contributed by atoms with E-state index in [9.17, 15) is 65.5 Å². The van der Waals surface area contributed by atoms with Crippen LogP contribution in [-0.2, 0) is 14.3 Å². The molecule has 3 nitrogen and oxygen atoms in total. The van der Waals surface area contributed by atoms with E-state index >= 15 is 0 Å². The molecule has 1 rings (SSSR count). The molecule has 0 heterocycles. The zero-order valence-electron chi connectivity index (χ0n) is 16.0. The summed E-state index contributed by atoms with van der Waals surface area (Å²) in [5.41, 5.74) is 0.588. The van der Waals surface area contributed by atoms with Crippen LogP contribution in [0.5, 0.6) is 0 Å². The Morgan fingerprint density at radius 2 is 1.12 bits per heavy atom. The van der Waals surface area contributed by atoms with Gasteiger partial charge >= 0.3 is 35.8 Å². The van der Waals surface area contributed by atoms with Crippen molar-refractivity contribution in [3.63, 3.8) is 0 Å². The molecule has 0 unspecified atom stereocenters. The molecular weight excluding hydrogens is 519 g/mol. The smallest absolute Gasteiger partial charge is 0.266 e. The van der Waals surface area contributed by atoms with E-state index in [0.29, 0.717) is 5.56 Å². The Morgan fingerprint density at radius 1 is 0.697 bits per heavy atom. The predicted molar refractivity (Wildman–Crippen MR) is 84.3 cm³/mol. The molecule has 0 aliphatic rings. The third-order valence-electron chi connectivity index (χ3n) is 4.18. The van der Waals surface area contributed by atoms with Crippen molar-refractivity contribution >= 4 is 10.1 Å². The summed E-state index contributed by atoms with van der Waals surface area (Å²) in [5.74, 6) is -37.3. The van der Waals surface area contributed by atoms with Crippen LogP contribution in [0.2, 0.25) is 0 Å². The molecule has 0 spiro atoms. The van der Waals surface area contributed by atoms with Gasteiger partial charge in [-0.1, -0.05) is 17.7 Å². The maximum absolute atomic E-state index is 13.6. The van der Waals surface area contributed by atoms with Gasteiger partial charge in [-0.3, -0.25) is 4.18 Å². The van der Waals surface area contributed by atoms with Crippen LogP contribution in [0.1, 0.15) is 18.4 Å². The molecular formula is C16H13F13O3S. The number of hydrogen-bond donors (Lipinski definition) is 0. The second-order valence-electron chi connectivity index (χ2n) is 6.69. The fourth-order valence-corrected chi connectivity index (χ4v) is 3.14. The second kappa shape index (κ2) is 8.78. The largest absolute Gasteiger partial charge is 0.460 e. The first-order valence-corrected chi connectivity index (χ1v) is 9.78. The van der Waals surface area contributed by atoms with Crippen molar-refractivity contribution in [1.29, 1.82) is 0 Å². The van der Waals surface area contributed by atoms with Crippen LogP contribution in [0.25, 0.3) is 0 Å². The molecule has 0 aromatic heterocycles. The molecule has 0 bridgehead atoms. The molecule has 33 heavy (non-hydrogen) atoms. The highest BCUT2D eigenvalue weighted by molar-refractivity contribution is 7.86. The van der Waals surface area contributed by atoms with Crippen molar-refractivity contribution in [1.82, 2.24) is 0 Å². The van der Waals surface area contributed by atoms with Gasteiger partial charge < -0.3 is 0 Å². The highest BCUT2D eigenvalue weighted by Crippen LogP contribution is 2.60. The molecule has 0 aliphatic heterocycles. The SMILES string of the molecule is Cc1ccc(S(=O)(=O)OCCCC(F)(F)C(F)(F)C(F)(F)C(F)(F)C(F)(F)C(F)(F)F)cc1. The van der Waals surface area contributed by atoms with Crippen LogP contribution in [-0.4, -0.2) is 50.8 Å². The lowest BCUT2D eigenvalue weighted by Crippen LogP contribution is -2.70. The van der Waals surface area contributed by atoms with E-state index in [1.807, 2.05) is 0 Å². The zero-order chi connectivity index (χ0) is 26.3. The van der Waals surface area contributed by atoms with Gasteiger partial charge in [0.1, 0.15) is 0 Å². The fraction of sp³-hybridized carbons (Fsp3) is 0.625. The summed E-state index contributed by atoms with van der Waals surface area (Å²) in [6.07, 6.45) is -11.5. The number of hydrogen-bond acceptors (Lipinski definition) is 3. The lowest BCUT2D eigenvalue weighted by atomic mass is 9.92. The first kappa shape index (κ1) is 29.3. The van der Waals surface area contributed by atoms with Gasteiger partial charge in [0.25, 0.3) is 10.1 Å². The highest BCUT2D eigenvalue weighted by atomic mass is 32.2. The summed E-state index contributed by atoms with van der Waals surface area (Å²) in [5, 5.41) is 0. The van der Waals surface area contributed by atoms with Gasteiger partial charge in [-0.25, -0.2) is 0 Å². The van der Waals surface area contributed by atoms with Crippen LogP contribution >= 0.6 is 0 Å². The molecule has 1 aromatic rings. The van der Waals surface area contributed by atoms with Gasteiger partial charge in [-0.05, 0) is 25.5 Å². The van der Waals surface area contributed by atoms with Crippen molar-refractivity contribution < 1.29 is 69.7 Å². The molecule has 0 atom stereocenters. The summed E-state index contributed by atoms with van der Waals surface area (Å²) in [7, 11) is -4.64. The Balaban J connectivity index is 3.01. The average Bonchev–Trinajstić information content (AvgIpc) is 2.64. The summed E-state index contributed by atoms with van der Waals surface area (Å²) in [6, 6.07) is 4.56. The van der Waals surface area contributed by atoms with Crippen LogP contribution in [0.4, 0.5) is 57.1 Å². The van der Waals surface area contributed by atoms with Crippen molar-refractivity contribution in [2.45, 2.75) is 60.4 Å². The van der Waals surface area contributed by atoms with E-state index in [1.165, 1.54) is 12.1 Å². The number of benzene rings is 1. The minimum absolute atomic E-state index is 0.522. The van der Waals surface area contributed by atoms with E-state index < -0.39 is 70.3 Å². The first-order chi connectivity index (χ1) is 14.5. The Bertz CT molecular complexity index is 922. The average molecular weight is 532 g/mol. The highest BCUT2D eigenvalue weighted by Gasteiger charge is 2.90. The molecule has 0 saturated heterocycles. The Kier molecular flexibility index (Phi) is 7.78. The number of halogens is 13. The van der Waals surface area contributed by atoms with Crippen LogP contribution in [0, 0.1) is 6.92 Å². The van der Waals surface area contributed by atoms with Crippen molar-refractivity contribution in [3.05, 3.63) is 29.8 Å². The van der Waals surface area contributed by atoms with Gasteiger partial charge in [-0.2, -0.15) is 65.5 Å². The maximum Gasteiger partial charge on any atom is 0.460 e. The molecule has 192 valence electrons. The summed E-state index contributed by atoms with van der Waals surface area (Å²) >= 11 is 0. The third kappa shape index (κ3) is 5.17. The third-order valence-corrected chi connectivity index (χ3v) is 5.51. The number of alkyl halides is 13. The standard InChI is InChI=1S/C16H13F13O3S/c1-9-3-5-10(6-4-9)33(30,31)32-8-2-7-11(17,18)12(19,20)13(21,22)14(23,24)15(25,26)16(27,28)29/h3-6H,2,7-8H2,1H3. The quantitative estimate of drug-likeness (QED) is 0.204. The van der Waals surface area contributed by atoms with E-state index in [0.717, 1.165) is 12.1 Å². The van der Waals surface area contributed by atoms with Crippen molar-refractivity contribution in [2.24, 2.45) is 0 Å². The van der Waals surface area contributed by atoms with E-state index in [-0.39, 0.29) is 0 Å². The molecule has 0 fully saturated rings. The second-order valence-corrected chi connectivity index (χ2v) is 8.31. The van der Waals surface area contributed by atoms with Crippen LogP contribution in [0.15, 0.2) is 29.2 Å². The molecule has 0 N–H and O–H groups in total. The Labute approximate surface area is 177 Å². The fourth-order valence-electron chi connectivity index (χ4n) is 2.19. The van der Waals surface area contributed by atoms with E-state index in [2.05, 4.69) is 4.18 Å². The number of aryl methyl sites for hydroxylation is 1. The topological polar surface area (TPSA) is 43.4 Å². The summed E-state index contributed by atoms with van der Waals surface area (Å²) < 4.78 is 196. The van der Waals surface area contributed by atoms with Crippen molar-refractivity contribution in [2.75, 3.05) is 6.61 Å². The zero-order valence-corrected chi connectivity index (χ0v) is 16.8. The van der Waals surface area contributed by atoms with E-state index in [1.54, 1.807) is 6.92 Å². The molecule has 0 saturated carbocycles. The number of rotatable bonds is 10. The van der Waals surface area contributed by atoms with Gasteiger partial charge in [-0.15, -0.1) is 0 Å². The van der Waals surface area contributed by atoms with Crippen LogP contribution < -0.4 is 0 Å². The molecule has 0 aliphatic carbocycles. The van der Waals surface area contributed by atoms with Crippen LogP contribution in [0.3, 0.4) is 0 Å². The maximum atomic E-state index is 13.6. The molecule has 1 aromatic carbocycles. The van der Waals surface area contributed by atoms with Gasteiger partial charge in [0.05, 0.1) is 11.5 Å². The lowest BCUT2D eigenvalue weighted by molar-refractivity contribution is -0.440. The van der Waals surface area contributed by atoms with Crippen molar-refractivity contribution in [3.8, 4) is 0 Å². The molecule has 0 radical (unpaired) electrons. The normalized spacial score (nSPS) is 15.1. The predicted octanol–water partition coefficient (Wildman–Crippen LogP) is 6.22. The lowest BCUT2D eigenvalue weighted by Gasteiger charge is -2.39. The molecule has 17 heteroatoms. The minimum atomic E-state index is -7.98. The monoisotopic (exact) mass is 532 g/mol. The summed E-state index contributed by atoms with van der Waals surface area (Å²) in [6.45, 7) is 0.186. The Morgan fingerprint density at radius 3 is 1.55 bits per heavy atom.